The van der Waals surface area contributed by atoms with Gasteiger partial charge < -0.3 is 25.7 Å². The minimum Gasteiger partial charge on any atom is -0.394 e. The van der Waals surface area contributed by atoms with E-state index in [2.05, 4.69) is 31.3 Å². The van der Waals surface area contributed by atoms with Gasteiger partial charge in [0.15, 0.2) is 0 Å². The van der Waals surface area contributed by atoms with E-state index in [9.17, 15) is 25.2 Å². The summed E-state index contributed by atoms with van der Waals surface area (Å²) in [7, 11) is 0. The van der Waals surface area contributed by atoms with Crippen molar-refractivity contribution >= 4 is 5.91 Å². The number of rotatable bonds is 27. The first-order valence-corrected chi connectivity index (χ1v) is 15.6. The fourth-order valence-electron chi connectivity index (χ4n) is 4.64. The Morgan fingerprint density at radius 1 is 0.649 bits per heavy atom. The normalized spacial score (nSPS) is 15.1. The number of hydrogen-bond acceptors (Lipinski definition) is 5. The number of carbonyl (C=O) groups is 1. The molecule has 220 valence electrons. The van der Waals surface area contributed by atoms with Gasteiger partial charge in [0.1, 0.15) is 12.2 Å². The molecule has 6 nitrogen and oxygen atoms in total. The van der Waals surface area contributed by atoms with Crippen molar-refractivity contribution in [1.29, 1.82) is 0 Å². The van der Waals surface area contributed by atoms with E-state index in [-0.39, 0.29) is 0 Å². The van der Waals surface area contributed by atoms with Crippen LogP contribution in [0.5, 0.6) is 0 Å². The number of allylic oxidation sites excluding steroid dienone is 2. The number of unbranched alkanes of at least 4 members (excludes halogenated alkanes) is 16. The molecule has 0 aromatic heterocycles. The zero-order valence-corrected chi connectivity index (χ0v) is 24.2. The molecule has 5 N–H and O–H groups in total. The van der Waals surface area contributed by atoms with Gasteiger partial charge in [-0.1, -0.05) is 129 Å². The van der Waals surface area contributed by atoms with Gasteiger partial charge in [-0.15, -0.1) is 0 Å². The second-order valence-corrected chi connectivity index (χ2v) is 10.8. The van der Waals surface area contributed by atoms with Crippen LogP contribution in [-0.4, -0.2) is 57.3 Å². The van der Waals surface area contributed by atoms with E-state index in [4.69, 9.17) is 0 Å². The number of carbonyl (C=O) groups excluding carboxylic acids is 1. The predicted molar refractivity (Wildman–Crippen MR) is 154 cm³/mol. The summed E-state index contributed by atoms with van der Waals surface area (Å²) in [4.78, 5) is 12.3. The van der Waals surface area contributed by atoms with Crippen LogP contribution in [0.2, 0.25) is 0 Å². The maximum atomic E-state index is 12.3. The fourth-order valence-corrected chi connectivity index (χ4v) is 4.64. The molecule has 0 aromatic carbocycles. The van der Waals surface area contributed by atoms with Crippen LogP contribution >= 0.6 is 0 Å². The first-order valence-electron chi connectivity index (χ1n) is 15.6. The Bertz CT molecular complexity index is 528. The lowest BCUT2D eigenvalue weighted by molar-refractivity contribution is -0.132. The van der Waals surface area contributed by atoms with Crippen LogP contribution in [0.4, 0.5) is 0 Å². The molecule has 0 rings (SSSR count). The summed E-state index contributed by atoms with van der Waals surface area (Å²) in [6.07, 6.45) is 24.1. The predicted octanol–water partition coefficient (Wildman–Crippen LogP) is 6.33. The van der Waals surface area contributed by atoms with Gasteiger partial charge in [-0.25, -0.2) is 0 Å². The minimum atomic E-state index is -1.27. The van der Waals surface area contributed by atoms with Crippen molar-refractivity contribution in [2.24, 2.45) is 0 Å². The monoisotopic (exact) mass is 527 g/mol. The zero-order valence-electron chi connectivity index (χ0n) is 24.2. The topological polar surface area (TPSA) is 110 Å². The molecule has 0 heterocycles. The highest BCUT2D eigenvalue weighted by atomic mass is 16.3. The van der Waals surface area contributed by atoms with Crippen LogP contribution in [0, 0.1) is 0 Å². The molecule has 1 amide bonds. The van der Waals surface area contributed by atoms with Crippen LogP contribution in [0.15, 0.2) is 12.2 Å². The summed E-state index contributed by atoms with van der Waals surface area (Å²) in [5.41, 5.74) is 0. The minimum absolute atomic E-state index is 0.366. The van der Waals surface area contributed by atoms with E-state index in [0.717, 1.165) is 38.5 Å². The second-order valence-electron chi connectivity index (χ2n) is 10.8. The van der Waals surface area contributed by atoms with Crippen LogP contribution in [-0.2, 0) is 4.79 Å². The summed E-state index contributed by atoms with van der Waals surface area (Å²) >= 11 is 0. The molecule has 6 heteroatoms. The molecule has 0 aliphatic carbocycles. The van der Waals surface area contributed by atoms with E-state index >= 15 is 0 Å². The summed E-state index contributed by atoms with van der Waals surface area (Å²) in [6, 6.07) is -0.992. The van der Waals surface area contributed by atoms with Crippen molar-refractivity contribution in [3.8, 4) is 0 Å². The van der Waals surface area contributed by atoms with Crippen molar-refractivity contribution in [3.05, 3.63) is 12.2 Å². The van der Waals surface area contributed by atoms with Crippen LogP contribution in [0.1, 0.15) is 149 Å². The highest BCUT2D eigenvalue weighted by Crippen LogP contribution is 2.15. The van der Waals surface area contributed by atoms with Crippen molar-refractivity contribution < 1.29 is 25.2 Å². The summed E-state index contributed by atoms with van der Waals surface area (Å²) in [5, 5.41) is 42.8. The second kappa shape index (κ2) is 26.6. The van der Waals surface area contributed by atoms with Gasteiger partial charge in [-0.3, -0.25) is 4.79 Å². The van der Waals surface area contributed by atoms with Crippen LogP contribution in [0.3, 0.4) is 0 Å². The first kappa shape index (κ1) is 36.0. The maximum absolute atomic E-state index is 12.3. The Balaban J connectivity index is 3.82. The molecule has 0 aliphatic rings. The highest BCUT2D eigenvalue weighted by Gasteiger charge is 2.28. The summed E-state index contributed by atoms with van der Waals surface area (Å²) in [6.45, 7) is 3.88. The lowest BCUT2D eigenvalue weighted by Crippen LogP contribution is -2.53. The molecular formula is C31H61NO5. The van der Waals surface area contributed by atoms with Gasteiger partial charge in [-0.2, -0.15) is 0 Å². The fraction of sp³-hybridized carbons (Fsp3) is 0.903. The van der Waals surface area contributed by atoms with E-state index < -0.39 is 36.9 Å². The SMILES string of the molecule is CCC/C=C/CCCC(O)C(O)C(CO)NC(=O)C(O)CCCCCCCCCCCCCCCCC. The molecule has 0 aromatic rings. The van der Waals surface area contributed by atoms with E-state index in [1.807, 2.05) is 0 Å². The van der Waals surface area contributed by atoms with Gasteiger partial charge in [0.25, 0.3) is 0 Å². The highest BCUT2D eigenvalue weighted by molar-refractivity contribution is 5.80. The lowest BCUT2D eigenvalue weighted by Gasteiger charge is -2.27. The third-order valence-corrected chi connectivity index (χ3v) is 7.21. The maximum Gasteiger partial charge on any atom is 0.249 e. The van der Waals surface area contributed by atoms with Crippen molar-refractivity contribution in [3.63, 3.8) is 0 Å². The molecule has 0 bridgehead atoms. The van der Waals surface area contributed by atoms with Crippen LogP contribution in [0.25, 0.3) is 0 Å². The Morgan fingerprint density at radius 3 is 1.62 bits per heavy atom. The average Bonchev–Trinajstić information content (AvgIpc) is 2.90. The van der Waals surface area contributed by atoms with Crippen molar-refractivity contribution in [2.45, 2.75) is 173 Å². The third kappa shape index (κ3) is 21.7. The Kier molecular flexibility index (Phi) is 26.0. The van der Waals surface area contributed by atoms with E-state index in [1.54, 1.807) is 0 Å². The molecule has 0 saturated heterocycles. The molecule has 0 saturated carbocycles. The van der Waals surface area contributed by atoms with Crippen molar-refractivity contribution in [1.82, 2.24) is 5.32 Å². The quantitative estimate of drug-likeness (QED) is 0.0633. The number of aliphatic hydroxyl groups excluding tert-OH is 4. The number of hydrogen-bond donors (Lipinski definition) is 5. The Morgan fingerprint density at radius 2 is 1.14 bits per heavy atom. The van der Waals surface area contributed by atoms with Gasteiger partial charge in [0.05, 0.1) is 18.8 Å². The Hall–Kier alpha value is -0.950. The molecule has 37 heavy (non-hydrogen) atoms. The van der Waals surface area contributed by atoms with E-state index in [1.165, 1.54) is 77.0 Å². The van der Waals surface area contributed by atoms with Crippen molar-refractivity contribution in [2.75, 3.05) is 6.61 Å². The molecule has 4 unspecified atom stereocenters. The third-order valence-electron chi connectivity index (χ3n) is 7.21. The Labute approximate surface area is 228 Å². The van der Waals surface area contributed by atoms with Gasteiger partial charge in [0.2, 0.25) is 5.91 Å². The summed E-state index contributed by atoms with van der Waals surface area (Å²) < 4.78 is 0. The number of nitrogens with one attached hydrogen (secondary N) is 1. The number of aliphatic hydroxyl groups is 4. The van der Waals surface area contributed by atoms with Crippen LogP contribution < -0.4 is 5.32 Å². The molecule has 4 atom stereocenters. The molecule has 0 radical (unpaired) electrons. The lowest BCUT2D eigenvalue weighted by atomic mass is 10.00. The van der Waals surface area contributed by atoms with Gasteiger partial charge in [-0.05, 0) is 32.1 Å². The number of amides is 1. The van der Waals surface area contributed by atoms with E-state index in [0.29, 0.717) is 19.3 Å². The molecular weight excluding hydrogens is 466 g/mol. The molecule has 0 fully saturated rings. The molecule has 0 spiro atoms. The average molecular weight is 528 g/mol. The standard InChI is InChI=1S/C31H61NO5/c1-3-5-7-9-11-12-13-14-15-16-17-18-19-21-23-25-29(35)31(37)32-27(26-33)30(36)28(34)24-22-20-10-8-6-4-2/h8,10,27-30,33-36H,3-7,9,11-26H2,1-2H3,(H,32,37)/b10-8+. The first-order chi connectivity index (χ1) is 18.0. The summed E-state index contributed by atoms with van der Waals surface area (Å²) in [5.74, 6) is -0.599. The largest absolute Gasteiger partial charge is 0.394 e. The van der Waals surface area contributed by atoms with Gasteiger partial charge in [0, 0.05) is 0 Å². The smallest absolute Gasteiger partial charge is 0.249 e. The van der Waals surface area contributed by atoms with Gasteiger partial charge >= 0.3 is 0 Å². The zero-order chi connectivity index (χ0) is 27.6. The molecule has 0 aliphatic heterocycles.